The molecule has 2 atom stereocenters. The molecular formula is C30H33N3O6S. The number of amidine groups is 1. The molecule has 5 rings (SSSR count). The molecule has 2 aromatic rings. The van der Waals surface area contributed by atoms with Gasteiger partial charge in [0.1, 0.15) is 18.1 Å². The van der Waals surface area contributed by atoms with Crippen LogP contribution < -0.4 is 14.8 Å². The summed E-state index contributed by atoms with van der Waals surface area (Å²) in [5.41, 5.74) is 3.32. The Hall–Kier alpha value is -3.76. The predicted octanol–water partition coefficient (Wildman–Crippen LogP) is 4.71. The molecule has 3 heterocycles. The Labute approximate surface area is 238 Å². The highest BCUT2D eigenvalue weighted by atomic mass is 32.2. The minimum Gasteiger partial charge on any atom is -0.497 e. The lowest BCUT2D eigenvalue weighted by Crippen LogP contribution is -2.38. The van der Waals surface area contributed by atoms with E-state index in [1.807, 2.05) is 52.8 Å². The van der Waals surface area contributed by atoms with E-state index in [1.54, 1.807) is 27.2 Å². The lowest BCUT2D eigenvalue weighted by atomic mass is 9.93. The Morgan fingerprint density at radius 3 is 2.55 bits per heavy atom. The largest absolute Gasteiger partial charge is 0.497 e. The van der Waals surface area contributed by atoms with Crippen molar-refractivity contribution < 1.29 is 28.5 Å². The first-order valence-electron chi connectivity index (χ1n) is 13.2. The van der Waals surface area contributed by atoms with Crippen molar-refractivity contribution in [3.05, 3.63) is 82.0 Å². The molecule has 3 aliphatic rings. The third kappa shape index (κ3) is 6.18. The summed E-state index contributed by atoms with van der Waals surface area (Å²) in [5.74, 6) is 0.569. The van der Waals surface area contributed by atoms with E-state index < -0.39 is 12.0 Å². The minimum absolute atomic E-state index is 0.0524. The van der Waals surface area contributed by atoms with Crippen LogP contribution in [0.5, 0.6) is 11.5 Å². The first kappa shape index (κ1) is 27.8. The second kappa shape index (κ2) is 12.6. The van der Waals surface area contributed by atoms with Crippen LogP contribution in [0.2, 0.25) is 0 Å². The Kier molecular flexibility index (Phi) is 8.76. The zero-order chi connectivity index (χ0) is 28.1. The molecule has 10 heteroatoms. The molecule has 2 aromatic carbocycles. The molecule has 40 heavy (non-hydrogen) atoms. The van der Waals surface area contributed by atoms with Crippen LogP contribution in [-0.4, -0.2) is 55.4 Å². The number of carbonyl (C=O) groups is 2. The van der Waals surface area contributed by atoms with E-state index in [0.29, 0.717) is 34.5 Å². The van der Waals surface area contributed by atoms with Gasteiger partial charge in [-0.05, 0) is 48.4 Å². The molecule has 0 aliphatic carbocycles. The van der Waals surface area contributed by atoms with Crippen LogP contribution >= 0.6 is 11.8 Å². The lowest BCUT2D eigenvalue weighted by Gasteiger charge is -2.36. The van der Waals surface area contributed by atoms with Gasteiger partial charge in [0.2, 0.25) is 5.91 Å². The van der Waals surface area contributed by atoms with Crippen molar-refractivity contribution in [3.63, 3.8) is 0 Å². The fourth-order valence-electron chi connectivity index (χ4n) is 4.99. The number of hydrogen-bond donors (Lipinski definition) is 1. The van der Waals surface area contributed by atoms with Gasteiger partial charge in [0.05, 0.1) is 44.1 Å². The molecule has 1 saturated heterocycles. The zero-order valence-electron chi connectivity index (χ0n) is 22.8. The van der Waals surface area contributed by atoms with Gasteiger partial charge in [-0.15, -0.1) is 0 Å². The van der Waals surface area contributed by atoms with Crippen LogP contribution in [-0.2, 0) is 25.7 Å². The van der Waals surface area contributed by atoms with Crippen LogP contribution in [0, 0.1) is 0 Å². The van der Waals surface area contributed by atoms with E-state index in [2.05, 4.69) is 5.32 Å². The number of ether oxygens (including phenoxy) is 4. The predicted molar refractivity (Wildman–Crippen MR) is 153 cm³/mol. The van der Waals surface area contributed by atoms with Gasteiger partial charge in [-0.25, -0.2) is 9.79 Å². The summed E-state index contributed by atoms with van der Waals surface area (Å²) in [6.45, 7) is 3.15. The highest BCUT2D eigenvalue weighted by Gasteiger charge is 2.41. The standard InChI is InChI=1S/C30H33N3O6S/c1-19-27(29(35)39-17-20-8-5-4-6-9-20)28(21-12-24(36-2)15-25(13-21)37-3)33-22(18-40-30(33)32-19)14-26(34)31-16-23-10-7-11-38-23/h4-6,8-9,12-13,15,18,23,28H,7,10-11,14,16-17H2,1-3H3,(H,31,34)/t23-,28-/m0/s1. The van der Waals surface area contributed by atoms with Crippen LogP contribution in [0.3, 0.4) is 0 Å². The van der Waals surface area contributed by atoms with E-state index in [0.717, 1.165) is 36.3 Å². The normalized spacial score (nSPS) is 20.0. The molecule has 1 fully saturated rings. The first-order valence-corrected chi connectivity index (χ1v) is 14.1. The van der Waals surface area contributed by atoms with Gasteiger partial charge in [0, 0.05) is 24.9 Å². The number of amides is 1. The van der Waals surface area contributed by atoms with Gasteiger partial charge < -0.3 is 29.2 Å². The summed E-state index contributed by atoms with van der Waals surface area (Å²) >= 11 is 1.43. The van der Waals surface area contributed by atoms with Crippen LogP contribution in [0.1, 0.15) is 43.4 Å². The van der Waals surface area contributed by atoms with E-state index >= 15 is 0 Å². The number of carbonyl (C=O) groups excluding carboxylic acids is 2. The van der Waals surface area contributed by atoms with E-state index in [4.69, 9.17) is 23.9 Å². The SMILES string of the molecule is COc1cc(OC)cc([C@H]2C(C(=O)OCc3ccccc3)=C(C)N=C3SC=C(CC(=O)NC[C@@H]4CCCO4)N32)c1. The number of aliphatic imine (C=N–C) groups is 1. The first-order chi connectivity index (χ1) is 19.5. The molecule has 0 unspecified atom stereocenters. The van der Waals surface area contributed by atoms with Crippen molar-refractivity contribution in [1.29, 1.82) is 0 Å². The Bertz CT molecular complexity index is 1330. The van der Waals surface area contributed by atoms with Crippen LogP contribution in [0.25, 0.3) is 0 Å². The van der Waals surface area contributed by atoms with Crippen LogP contribution in [0.4, 0.5) is 0 Å². The second-order valence-corrected chi connectivity index (χ2v) is 10.6. The summed E-state index contributed by atoms with van der Waals surface area (Å²) in [4.78, 5) is 33.4. The van der Waals surface area contributed by atoms with Crippen molar-refractivity contribution in [2.24, 2.45) is 4.99 Å². The summed E-state index contributed by atoms with van der Waals surface area (Å²) in [5, 5.41) is 5.60. The summed E-state index contributed by atoms with van der Waals surface area (Å²) in [6.07, 6.45) is 2.13. The number of fused-ring (bicyclic) bond motifs is 1. The average molecular weight is 564 g/mol. The molecule has 0 saturated carbocycles. The fraction of sp³-hybridized carbons (Fsp3) is 0.367. The maximum atomic E-state index is 13.7. The summed E-state index contributed by atoms with van der Waals surface area (Å²) < 4.78 is 22.5. The Morgan fingerprint density at radius 2 is 1.88 bits per heavy atom. The topological polar surface area (TPSA) is 98.7 Å². The highest BCUT2D eigenvalue weighted by Crippen LogP contribution is 2.46. The maximum Gasteiger partial charge on any atom is 0.338 e. The average Bonchev–Trinajstić information content (AvgIpc) is 3.64. The van der Waals surface area contributed by atoms with Crippen molar-refractivity contribution >= 4 is 28.8 Å². The van der Waals surface area contributed by atoms with Gasteiger partial charge in [-0.1, -0.05) is 42.1 Å². The summed E-state index contributed by atoms with van der Waals surface area (Å²) in [6, 6.07) is 14.4. The van der Waals surface area contributed by atoms with Crippen molar-refractivity contribution in [2.45, 2.75) is 44.9 Å². The zero-order valence-corrected chi connectivity index (χ0v) is 23.7. The highest BCUT2D eigenvalue weighted by molar-refractivity contribution is 8.16. The number of benzene rings is 2. The summed E-state index contributed by atoms with van der Waals surface area (Å²) in [7, 11) is 3.16. The number of esters is 1. The van der Waals surface area contributed by atoms with Gasteiger partial charge in [0.25, 0.3) is 0 Å². The van der Waals surface area contributed by atoms with Gasteiger partial charge in [0.15, 0.2) is 5.17 Å². The molecule has 0 spiro atoms. The number of allylic oxidation sites excluding steroid dienone is 1. The number of hydrogen-bond acceptors (Lipinski definition) is 9. The molecule has 0 radical (unpaired) electrons. The molecule has 0 aromatic heterocycles. The molecule has 9 nitrogen and oxygen atoms in total. The lowest BCUT2D eigenvalue weighted by molar-refractivity contribution is -0.141. The smallest absolute Gasteiger partial charge is 0.338 e. The third-order valence-electron chi connectivity index (χ3n) is 7.02. The van der Waals surface area contributed by atoms with Crippen molar-refractivity contribution in [1.82, 2.24) is 10.2 Å². The van der Waals surface area contributed by atoms with Crippen LogP contribution in [0.15, 0.2) is 75.9 Å². The molecule has 3 aliphatic heterocycles. The Morgan fingerprint density at radius 1 is 1.12 bits per heavy atom. The second-order valence-electron chi connectivity index (χ2n) is 9.72. The van der Waals surface area contributed by atoms with Gasteiger partial charge in [-0.2, -0.15) is 0 Å². The van der Waals surface area contributed by atoms with Crippen molar-refractivity contribution in [2.75, 3.05) is 27.4 Å². The number of nitrogens with zero attached hydrogens (tertiary/aromatic N) is 2. The monoisotopic (exact) mass is 563 g/mol. The number of methoxy groups -OCH3 is 2. The Balaban J connectivity index is 1.45. The quantitative estimate of drug-likeness (QED) is 0.415. The van der Waals surface area contributed by atoms with E-state index in [9.17, 15) is 9.59 Å². The number of nitrogens with one attached hydrogen (secondary N) is 1. The number of thioether (sulfide) groups is 1. The van der Waals surface area contributed by atoms with E-state index in [-0.39, 0.29) is 25.0 Å². The van der Waals surface area contributed by atoms with Crippen molar-refractivity contribution in [3.8, 4) is 11.5 Å². The number of rotatable bonds is 10. The minimum atomic E-state index is -0.605. The van der Waals surface area contributed by atoms with Gasteiger partial charge in [-0.3, -0.25) is 4.79 Å². The molecule has 1 amide bonds. The molecule has 210 valence electrons. The van der Waals surface area contributed by atoms with E-state index in [1.165, 1.54) is 11.8 Å². The molecule has 1 N–H and O–H groups in total. The third-order valence-corrected chi connectivity index (χ3v) is 7.90. The van der Waals surface area contributed by atoms with Gasteiger partial charge >= 0.3 is 5.97 Å². The molecular weight excluding hydrogens is 530 g/mol. The fourth-order valence-corrected chi connectivity index (χ4v) is 5.96. The maximum absolute atomic E-state index is 13.7. The molecule has 0 bridgehead atoms.